The second-order valence-electron chi connectivity index (χ2n) is 13.1. The molecule has 0 aliphatic rings. The number of nitrogens with zero attached hydrogens (tertiary/aromatic N) is 2. The molecule has 3 aromatic heterocycles. The molecule has 11 aromatic rings. The number of hydrogen-bond acceptors (Lipinski definition) is 5. The lowest BCUT2D eigenvalue weighted by Crippen LogP contribution is -2.09. The quantitative estimate of drug-likeness (QED) is 0.181. The number of oxazole rings is 1. The third kappa shape index (κ3) is 4.50. The first kappa shape index (κ1) is 29.1. The van der Waals surface area contributed by atoms with Crippen molar-refractivity contribution in [3.05, 3.63) is 170 Å². The average Bonchev–Trinajstić information content (AvgIpc) is 3.91. The van der Waals surface area contributed by atoms with Crippen LogP contribution < -0.4 is 4.90 Å². The third-order valence-electron chi connectivity index (χ3n) is 10.1. The van der Waals surface area contributed by atoms with E-state index in [1.165, 1.54) is 42.1 Å². The SMILES string of the molecule is c1ccc(N(c2ccc3c(c2)oc2cccc(-c4nc5ccccc5o4)c23)c2ccc3c(c2)sc2cccc(-c4cccc5ccccc45)c23)cc1. The van der Waals surface area contributed by atoms with Crippen LogP contribution in [0.5, 0.6) is 0 Å². The van der Waals surface area contributed by atoms with E-state index < -0.39 is 0 Å². The summed E-state index contributed by atoms with van der Waals surface area (Å²) < 4.78 is 15.3. The molecule has 3 heterocycles. The number of hydrogen-bond donors (Lipinski definition) is 0. The first-order chi connectivity index (χ1) is 25.8. The van der Waals surface area contributed by atoms with Crippen LogP contribution in [-0.2, 0) is 0 Å². The van der Waals surface area contributed by atoms with Crippen molar-refractivity contribution >= 4 is 92.4 Å². The van der Waals surface area contributed by atoms with Gasteiger partial charge in [0.25, 0.3) is 0 Å². The summed E-state index contributed by atoms with van der Waals surface area (Å²) in [5.41, 5.74) is 9.81. The number of fused-ring (bicyclic) bond motifs is 8. The Kier molecular flexibility index (Phi) is 6.39. The maximum atomic E-state index is 6.55. The average molecular weight is 685 g/mol. The molecule has 5 heteroatoms. The zero-order valence-electron chi connectivity index (χ0n) is 27.8. The molecule has 11 rings (SSSR count). The van der Waals surface area contributed by atoms with Crippen LogP contribution in [-0.4, -0.2) is 4.98 Å². The van der Waals surface area contributed by atoms with Crippen LogP contribution >= 0.6 is 11.3 Å². The number of benzene rings is 8. The maximum absolute atomic E-state index is 6.55. The minimum Gasteiger partial charge on any atom is -0.456 e. The van der Waals surface area contributed by atoms with Crippen molar-refractivity contribution in [2.75, 3.05) is 4.90 Å². The van der Waals surface area contributed by atoms with Crippen molar-refractivity contribution in [2.45, 2.75) is 0 Å². The van der Waals surface area contributed by atoms with Crippen molar-refractivity contribution in [3.63, 3.8) is 0 Å². The van der Waals surface area contributed by atoms with Crippen LogP contribution in [0.1, 0.15) is 0 Å². The van der Waals surface area contributed by atoms with Gasteiger partial charge in [-0.25, -0.2) is 4.98 Å². The highest BCUT2D eigenvalue weighted by atomic mass is 32.1. The Morgan fingerprint density at radius 1 is 0.423 bits per heavy atom. The van der Waals surface area contributed by atoms with E-state index in [0.29, 0.717) is 5.89 Å². The molecule has 0 unspecified atom stereocenters. The van der Waals surface area contributed by atoms with Gasteiger partial charge < -0.3 is 13.7 Å². The second-order valence-corrected chi connectivity index (χ2v) is 14.2. The van der Waals surface area contributed by atoms with Crippen molar-refractivity contribution < 1.29 is 8.83 Å². The molecule has 0 atom stereocenters. The standard InChI is InChI=1S/C47H28N2O2S/c1-2-13-30(14-3-1)49(31-23-25-36-42(27-31)50-41-21-9-18-38(45(36)41)47-48-39-19-6-7-20-40(39)51-47)32-24-26-37-44(28-32)52-43-22-10-17-35(46(37)43)34-16-8-12-29-11-4-5-15-33(29)34/h1-28H. The lowest BCUT2D eigenvalue weighted by Gasteiger charge is -2.25. The number of para-hydroxylation sites is 3. The maximum Gasteiger partial charge on any atom is 0.228 e. The molecule has 0 radical (unpaired) electrons. The molecule has 0 saturated heterocycles. The molecular weight excluding hydrogens is 657 g/mol. The van der Waals surface area contributed by atoms with E-state index in [2.05, 4.69) is 138 Å². The number of aromatic nitrogens is 1. The van der Waals surface area contributed by atoms with Gasteiger partial charge in [-0.05, 0) is 88.6 Å². The molecule has 4 nitrogen and oxygen atoms in total. The van der Waals surface area contributed by atoms with E-state index in [1.807, 2.05) is 47.7 Å². The Balaban J connectivity index is 1.07. The summed E-state index contributed by atoms with van der Waals surface area (Å²) in [5, 5.41) is 7.10. The Morgan fingerprint density at radius 3 is 2.06 bits per heavy atom. The van der Waals surface area contributed by atoms with Crippen molar-refractivity contribution in [3.8, 4) is 22.6 Å². The number of rotatable bonds is 5. The van der Waals surface area contributed by atoms with Gasteiger partial charge >= 0.3 is 0 Å². The fourth-order valence-electron chi connectivity index (χ4n) is 7.78. The molecule has 0 aliphatic heterocycles. The molecule has 0 spiro atoms. The fourth-order valence-corrected chi connectivity index (χ4v) is 8.95. The van der Waals surface area contributed by atoms with Gasteiger partial charge in [-0.1, -0.05) is 97.1 Å². The van der Waals surface area contributed by atoms with Gasteiger partial charge in [-0.3, -0.25) is 0 Å². The molecule has 52 heavy (non-hydrogen) atoms. The summed E-state index contributed by atoms with van der Waals surface area (Å²) in [4.78, 5) is 7.11. The first-order valence-electron chi connectivity index (χ1n) is 17.4. The molecule has 0 N–H and O–H groups in total. The summed E-state index contributed by atoms with van der Waals surface area (Å²) in [5.74, 6) is 0.588. The van der Waals surface area contributed by atoms with Gasteiger partial charge in [0, 0.05) is 59.6 Å². The van der Waals surface area contributed by atoms with Crippen LogP contribution in [0.2, 0.25) is 0 Å². The topological polar surface area (TPSA) is 42.4 Å². The van der Waals surface area contributed by atoms with Gasteiger partial charge in [-0.15, -0.1) is 11.3 Å². The number of thiophene rings is 1. The van der Waals surface area contributed by atoms with Crippen LogP contribution in [0.3, 0.4) is 0 Å². The Bertz CT molecular complexity index is 3120. The van der Waals surface area contributed by atoms with Crippen LogP contribution in [0.4, 0.5) is 17.1 Å². The van der Waals surface area contributed by atoms with Crippen LogP contribution in [0.15, 0.2) is 179 Å². The monoisotopic (exact) mass is 684 g/mol. The van der Waals surface area contributed by atoms with E-state index in [1.54, 1.807) is 0 Å². The molecule has 8 aromatic carbocycles. The molecule has 0 amide bonds. The van der Waals surface area contributed by atoms with Crippen molar-refractivity contribution in [1.29, 1.82) is 0 Å². The van der Waals surface area contributed by atoms with E-state index >= 15 is 0 Å². The van der Waals surface area contributed by atoms with Gasteiger partial charge in [0.15, 0.2) is 5.58 Å². The van der Waals surface area contributed by atoms with Crippen molar-refractivity contribution in [2.24, 2.45) is 0 Å². The highest BCUT2D eigenvalue weighted by Gasteiger charge is 2.20. The third-order valence-corrected chi connectivity index (χ3v) is 11.2. The highest BCUT2D eigenvalue weighted by Crippen LogP contribution is 2.46. The van der Waals surface area contributed by atoms with Crippen molar-refractivity contribution in [1.82, 2.24) is 4.98 Å². The van der Waals surface area contributed by atoms with Gasteiger partial charge in [0.1, 0.15) is 16.7 Å². The first-order valence-corrected chi connectivity index (χ1v) is 18.2. The zero-order valence-corrected chi connectivity index (χ0v) is 28.6. The molecule has 0 saturated carbocycles. The number of furan rings is 1. The lowest BCUT2D eigenvalue weighted by atomic mass is 9.95. The van der Waals surface area contributed by atoms with Crippen LogP contribution in [0, 0.1) is 0 Å². The molecule has 0 fully saturated rings. The zero-order chi connectivity index (χ0) is 34.2. The summed E-state index contributed by atoms with van der Waals surface area (Å²) in [6, 6.07) is 59.8. The van der Waals surface area contributed by atoms with Gasteiger partial charge in [0.2, 0.25) is 5.89 Å². The summed E-state index contributed by atoms with van der Waals surface area (Å²) >= 11 is 1.84. The van der Waals surface area contributed by atoms with E-state index in [-0.39, 0.29) is 0 Å². The largest absolute Gasteiger partial charge is 0.456 e. The highest BCUT2D eigenvalue weighted by molar-refractivity contribution is 7.26. The summed E-state index contributed by atoms with van der Waals surface area (Å²) in [7, 11) is 0. The summed E-state index contributed by atoms with van der Waals surface area (Å²) in [6.07, 6.45) is 0. The predicted molar refractivity (Wildman–Crippen MR) is 217 cm³/mol. The normalized spacial score (nSPS) is 11.8. The van der Waals surface area contributed by atoms with Crippen LogP contribution in [0.25, 0.3) is 86.6 Å². The Hall–Kier alpha value is -6.69. The van der Waals surface area contributed by atoms with E-state index in [0.717, 1.165) is 55.7 Å². The fraction of sp³-hybridized carbons (Fsp3) is 0. The second kappa shape index (κ2) is 11.4. The summed E-state index contributed by atoms with van der Waals surface area (Å²) in [6.45, 7) is 0. The Morgan fingerprint density at radius 2 is 1.13 bits per heavy atom. The van der Waals surface area contributed by atoms with E-state index in [9.17, 15) is 0 Å². The minimum absolute atomic E-state index is 0.588. The number of anilines is 3. The Labute approximate surface area is 302 Å². The minimum atomic E-state index is 0.588. The lowest BCUT2D eigenvalue weighted by molar-refractivity contribution is 0.620. The smallest absolute Gasteiger partial charge is 0.228 e. The van der Waals surface area contributed by atoms with Gasteiger partial charge in [0.05, 0.1) is 0 Å². The molecule has 244 valence electrons. The molecule has 0 aliphatic carbocycles. The molecular formula is C47H28N2O2S. The predicted octanol–water partition coefficient (Wildman–Crippen LogP) is 14.1. The van der Waals surface area contributed by atoms with E-state index in [4.69, 9.17) is 13.8 Å². The van der Waals surface area contributed by atoms with Gasteiger partial charge in [-0.2, -0.15) is 0 Å². The molecule has 0 bridgehead atoms.